The van der Waals surface area contributed by atoms with E-state index in [2.05, 4.69) is 4.90 Å². The van der Waals surface area contributed by atoms with E-state index in [1.807, 2.05) is 45.0 Å². The maximum atomic E-state index is 12.1. The maximum absolute atomic E-state index is 12.1. The smallest absolute Gasteiger partial charge is 0.410 e. The molecule has 1 aromatic rings. The Labute approximate surface area is 162 Å². The highest BCUT2D eigenvalue weighted by atomic mass is 16.6. The maximum Gasteiger partial charge on any atom is 0.410 e. The predicted octanol–water partition coefficient (Wildman–Crippen LogP) is 3.14. The van der Waals surface area contributed by atoms with Gasteiger partial charge in [0.25, 0.3) is 0 Å². The lowest BCUT2D eigenvalue weighted by molar-refractivity contribution is -0.107. The van der Waals surface area contributed by atoms with E-state index in [0.29, 0.717) is 26.1 Å². The minimum Gasteiger partial charge on any atom is -0.494 e. The molecular weight excluding hydrogens is 344 g/mol. The first kappa shape index (κ1) is 21.2. The number of nitrogens with zero attached hydrogens (tertiary/aromatic N) is 2. The van der Waals surface area contributed by atoms with Crippen LogP contribution >= 0.6 is 0 Å². The van der Waals surface area contributed by atoms with E-state index < -0.39 is 5.60 Å². The summed E-state index contributed by atoms with van der Waals surface area (Å²) in [4.78, 5) is 26.6. The molecule has 0 bridgehead atoms. The molecule has 6 heteroatoms. The van der Waals surface area contributed by atoms with Crippen LogP contribution in [0, 0.1) is 0 Å². The van der Waals surface area contributed by atoms with E-state index in [9.17, 15) is 9.59 Å². The third-order valence-electron chi connectivity index (χ3n) is 4.39. The lowest BCUT2D eigenvalue weighted by atomic mass is 10.1. The van der Waals surface area contributed by atoms with Crippen LogP contribution < -0.4 is 4.74 Å². The fourth-order valence-electron chi connectivity index (χ4n) is 2.94. The highest BCUT2D eigenvalue weighted by Crippen LogP contribution is 2.14. The molecule has 1 saturated heterocycles. The number of carbonyl (C=O) groups excluding carboxylic acids is 2. The zero-order chi connectivity index (χ0) is 19.7. The van der Waals surface area contributed by atoms with Gasteiger partial charge < -0.3 is 19.2 Å². The van der Waals surface area contributed by atoms with Crippen LogP contribution in [0.25, 0.3) is 0 Å². The fourth-order valence-corrected chi connectivity index (χ4v) is 2.94. The Bertz CT molecular complexity index is 587. The number of aldehydes is 1. The summed E-state index contributed by atoms with van der Waals surface area (Å²) < 4.78 is 11.2. The summed E-state index contributed by atoms with van der Waals surface area (Å²) in [6.07, 6.45) is 3.00. The lowest BCUT2D eigenvalue weighted by Gasteiger charge is -2.35. The van der Waals surface area contributed by atoms with Gasteiger partial charge in [-0.05, 0) is 51.3 Å². The van der Waals surface area contributed by atoms with E-state index in [0.717, 1.165) is 50.1 Å². The predicted molar refractivity (Wildman–Crippen MR) is 105 cm³/mol. The quantitative estimate of drug-likeness (QED) is 0.515. The highest BCUT2D eigenvalue weighted by Gasteiger charge is 2.25. The molecule has 150 valence electrons. The SMILES string of the molecule is CC(C)(C)OC(=O)N1CCN(CCCOc2ccc(CCC=O)cc2)CC1. The van der Waals surface area contributed by atoms with E-state index in [4.69, 9.17) is 9.47 Å². The molecule has 0 aliphatic carbocycles. The van der Waals surface area contributed by atoms with Gasteiger partial charge in [0, 0.05) is 39.1 Å². The number of piperazine rings is 1. The van der Waals surface area contributed by atoms with Crippen molar-refractivity contribution in [1.82, 2.24) is 9.80 Å². The molecule has 1 fully saturated rings. The van der Waals surface area contributed by atoms with E-state index in [-0.39, 0.29) is 6.09 Å². The van der Waals surface area contributed by atoms with Crippen molar-refractivity contribution >= 4 is 12.4 Å². The summed E-state index contributed by atoms with van der Waals surface area (Å²) in [5, 5.41) is 0. The summed E-state index contributed by atoms with van der Waals surface area (Å²) in [6.45, 7) is 10.4. The number of benzene rings is 1. The molecule has 0 aromatic heterocycles. The normalized spacial score (nSPS) is 15.4. The molecule has 1 heterocycles. The Kier molecular flexibility index (Phi) is 8.10. The van der Waals surface area contributed by atoms with Gasteiger partial charge in [0.15, 0.2) is 0 Å². The molecule has 27 heavy (non-hydrogen) atoms. The number of hydrogen-bond acceptors (Lipinski definition) is 5. The molecule has 0 N–H and O–H groups in total. The molecule has 1 aliphatic heterocycles. The monoisotopic (exact) mass is 376 g/mol. The molecule has 6 nitrogen and oxygen atoms in total. The van der Waals surface area contributed by atoms with Crippen LogP contribution in [0.4, 0.5) is 4.79 Å². The second-order valence-electron chi connectivity index (χ2n) is 7.86. The van der Waals surface area contributed by atoms with Crippen LogP contribution in [0.1, 0.15) is 39.2 Å². The Hall–Kier alpha value is -2.08. The minimum absolute atomic E-state index is 0.220. The average Bonchev–Trinajstić information content (AvgIpc) is 2.63. The molecule has 0 spiro atoms. The minimum atomic E-state index is -0.446. The van der Waals surface area contributed by atoms with Crippen molar-refractivity contribution in [1.29, 1.82) is 0 Å². The topological polar surface area (TPSA) is 59.1 Å². The van der Waals surface area contributed by atoms with Gasteiger partial charge in [-0.25, -0.2) is 4.79 Å². The van der Waals surface area contributed by atoms with E-state index in [1.54, 1.807) is 4.90 Å². The number of aryl methyl sites for hydroxylation is 1. The van der Waals surface area contributed by atoms with Crippen molar-refractivity contribution in [3.63, 3.8) is 0 Å². The van der Waals surface area contributed by atoms with Gasteiger partial charge in [-0.1, -0.05) is 12.1 Å². The van der Waals surface area contributed by atoms with Crippen molar-refractivity contribution in [2.75, 3.05) is 39.3 Å². The standard InChI is InChI=1S/C21H32N2O4/c1-21(2,3)27-20(25)23-14-12-22(13-15-23)11-5-17-26-19-9-7-18(8-10-19)6-4-16-24/h7-10,16H,4-6,11-15,17H2,1-3H3. The molecule has 0 radical (unpaired) electrons. The molecule has 0 saturated carbocycles. The summed E-state index contributed by atoms with van der Waals surface area (Å²) in [5.74, 6) is 0.861. The van der Waals surface area contributed by atoms with Crippen molar-refractivity contribution in [2.45, 2.75) is 45.6 Å². The molecular formula is C21H32N2O4. The van der Waals surface area contributed by atoms with Crippen LogP contribution in [0.2, 0.25) is 0 Å². The third kappa shape index (κ3) is 7.99. The van der Waals surface area contributed by atoms with E-state index >= 15 is 0 Å². The Morgan fingerprint density at radius 3 is 2.37 bits per heavy atom. The first-order valence-electron chi connectivity index (χ1n) is 9.73. The Balaban J connectivity index is 1.60. The molecule has 0 atom stereocenters. The molecule has 1 amide bonds. The Morgan fingerprint density at radius 2 is 1.78 bits per heavy atom. The van der Waals surface area contributed by atoms with Crippen LogP contribution in [-0.2, 0) is 16.0 Å². The zero-order valence-corrected chi connectivity index (χ0v) is 16.8. The number of amides is 1. The summed E-state index contributed by atoms with van der Waals surface area (Å²) in [6, 6.07) is 7.93. The van der Waals surface area contributed by atoms with Gasteiger partial charge in [0.2, 0.25) is 0 Å². The number of hydrogen-bond donors (Lipinski definition) is 0. The first-order chi connectivity index (χ1) is 12.9. The van der Waals surface area contributed by atoms with Gasteiger partial charge in [0.1, 0.15) is 17.6 Å². The lowest BCUT2D eigenvalue weighted by Crippen LogP contribution is -2.50. The van der Waals surface area contributed by atoms with Gasteiger partial charge in [-0.15, -0.1) is 0 Å². The van der Waals surface area contributed by atoms with Crippen LogP contribution in [0.15, 0.2) is 24.3 Å². The Morgan fingerprint density at radius 1 is 1.11 bits per heavy atom. The average molecular weight is 376 g/mol. The molecule has 2 rings (SSSR count). The zero-order valence-electron chi connectivity index (χ0n) is 16.8. The van der Waals surface area contributed by atoms with E-state index in [1.165, 1.54) is 0 Å². The van der Waals surface area contributed by atoms with Gasteiger partial charge >= 0.3 is 6.09 Å². The van der Waals surface area contributed by atoms with Gasteiger partial charge in [-0.3, -0.25) is 4.90 Å². The summed E-state index contributed by atoms with van der Waals surface area (Å²) in [7, 11) is 0. The first-order valence-corrected chi connectivity index (χ1v) is 9.73. The van der Waals surface area contributed by atoms with Crippen molar-refractivity contribution < 1.29 is 19.1 Å². The summed E-state index contributed by atoms with van der Waals surface area (Å²) >= 11 is 0. The molecule has 1 aliphatic rings. The molecule has 1 aromatic carbocycles. The number of ether oxygens (including phenoxy) is 2. The third-order valence-corrected chi connectivity index (χ3v) is 4.39. The summed E-state index contributed by atoms with van der Waals surface area (Å²) in [5.41, 5.74) is 0.704. The number of rotatable bonds is 8. The van der Waals surface area contributed by atoms with Crippen LogP contribution in [0.3, 0.4) is 0 Å². The number of carbonyl (C=O) groups is 2. The van der Waals surface area contributed by atoms with Crippen molar-refractivity contribution in [3.05, 3.63) is 29.8 Å². The second kappa shape index (κ2) is 10.3. The van der Waals surface area contributed by atoms with Crippen molar-refractivity contribution in [3.8, 4) is 5.75 Å². The van der Waals surface area contributed by atoms with Gasteiger partial charge in [-0.2, -0.15) is 0 Å². The largest absolute Gasteiger partial charge is 0.494 e. The second-order valence-corrected chi connectivity index (χ2v) is 7.86. The molecule has 0 unspecified atom stereocenters. The van der Waals surface area contributed by atoms with Gasteiger partial charge in [0.05, 0.1) is 6.61 Å². The fraction of sp³-hybridized carbons (Fsp3) is 0.619. The highest BCUT2D eigenvalue weighted by molar-refractivity contribution is 5.68. The van der Waals surface area contributed by atoms with Crippen LogP contribution in [0.5, 0.6) is 5.75 Å². The van der Waals surface area contributed by atoms with Crippen LogP contribution in [-0.4, -0.2) is 67.1 Å². The van der Waals surface area contributed by atoms with Crippen molar-refractivity contribution in [2.24, 2.45) is 0 Å².